The average molecular weight is 190 g/mol. The molecule has 14 heavy (non-hydrogen) atoms. The molecule has 1 aromatic carbocycles. The highest BCUT2D eigenvalue weighted by molar-refractivity contribution is 5.85. The number of nitrogens with zero attached hydrogens (tertiary/aromatic N) is 1. The molecule has 0 aliphatic heterocycles. The van der Waals surface area contributed by atoms with Crippen molar-refractivity contribution in [1.29, 1.82) is 5.26 Å². The van der Waals surface area contributed by atoms with Gasteiger partial charge in [-0.05, 0) is 17.7 Å². The molecule has 2 aromatic rings. The molecule has 0 spiro atoms. The Kier molecular flexibility index (Phi) is 1.86. The molecule has 2 rings (SSSR count). The van der Waals surface area contributed by atoms with Gasteiger partial charge >= 0.3 is 0 Å². The number of hydrogen-bond donors (Lipinski definition) is 2. The summed E-state index contributed by atoms with van der Waals surface area (Å²) in [5.74, 6) is -1.06. The number of halogens is 1. The first-order chi connectivity index (χ1) is 6.74. The quantitative estimate of drug-likeness (QED) is 0.723. The van der Waals surface area contributed by atoms with Gasteiger partial charge in [0, 0.05) is 11.6 Å². The Hall–Kier alpha value is -2.02. The zero-order chi connectivity index (χ0) is 10.1. The highest BCUT2D eigenvalue weighted by Crippen LogP contribution is 2.26. The highest BCUT2D eigenvalue weighted by Gasteiger charge is 2.10. The molecule has 1 heterocycles. The minimum atomic E-state index is -0.674. The fourth-order valence-electron chi connectivity index (χ4n) is 1.44. The Morgan fingerprint density at radius 1 is 1.50 bits per heavy atom. The minimum Gasteiger partial charge on any atom is -0.505 e. The van der Waals surface area contributed by atoms with E-state index in [0.717, 1.165) is 5.56 Å². The molecule has 0 fully saturated rings. The second kappa shape index (κ2) is 3.04. The van der Waals surface area contributed by atoms with Crippen LogP contribution in [0.2, 0.25) is 0 Å². The summed E-state index contributed by atoms with van der Waals surface area (Å²) in [4.78, 5) is 2.70. The van der Waals surface area contributed by atoms with Gasteiger partial charge in [-0.15, -0.1) is 0 Å². The summed E-state index contributed by atoms with van der Waals surface area (Å²) in [6.45, 7) is 0. The fraction of sp³-hybridized carbons (Fsp3) is 0.100. The van der Waals surface area contributed by atoms with Crippen LogP contribution >= 0.6 is 0 Å². The van der Waals surface area contributed by atoms with Gasteiger partial charge in [0.15, 0.2) is 11.6 Å². The van der Waals surface area contributed by atoms with Crippen LogP contribution in [0, 0.1) is 17.1 Å². The Morgan fingerprint density at radius 3 is 3.00 bits per heavy atom. The normalized spacial score (nSPS) is 10.3. The zero-order valence-electron chi connectivity index (χ0n) is 7.21. The summed E-state index contributed by atoms with van der Waals surface area (Å²) < 4.78 is 13.3. The number of H-pyrrole nitrogens is 1. The van der Waals surface area contributed by atoms with Crippen molar-refractivity contribution in [2.45, 2.75) is 6.42 Å². The van der Waals surface area contributed by atoms with E-state index in [1.54, 1.807) is 12.3 Å². The number of fused-ring (bicyclic) bond motifs is 1. The van der Waals surface area contributed by atoms with Gasteiger partial charge in [-0.1, -0.05) is 0 Å². The first-order valence-electron chi connectivity index (χ1n) is 4.08. The lowest BCUT2D eigenvalue weighted by Crippen LogP contribution is -1.80. The van der Waals surface area contributed by atoms with Gasteiger partial charge in [0.25, 0.3) is 0 Å². The summed E-state index contributed by atoms with van der Waals surface area (Å²) in [5, 5.41) is 18.3. The lowest BCUT2D eigenvalue weighted by atomic mass is 10.1. The van der Waals surface area contributed by atoms with Crippen molar-refractivity contribution in [1.82, 2.24) is 4.98 Å². The van der Waals surface area contributed by atoms with E-state index in [4.69, 9.17) is 10.4 Å². The lowest BCUT2D eigenvalue weighted by Gasteiger charge is -1.96. The smallest absolute Gasteiger partial charge is 0.188 e. The number of phenolic OH excluding ortho intramolecular Hbond substituents is 1. The Balaban J connectivity index is 2.72. The van der Waals surface area contributed by atoms with Crippen LogP contribution in [-0.4, -0.2) is 10.1 Å². The first kappa shape index (κ1) is 8.57. The molecule has 0 saturated carbocycles. The molecule has 1 aromatic heterocycles. The molecule has 0 bridgehead atoms. The maximum atomic E-state index is 13.3. The van der Waals surface area contributed by atoms with E-state index in [-0.39, 0.29) is 17.7 Å². The van der Waals surface area contributed by atoms with Crippen molar-refractivity contribution in [3.63, 3.8) is 0 Å². The van der Waals surface area contributed by atoms with Crippen LogP contribution in [0.15, 0.2) is 18.3 Å². The summed E-state index contributed by atoms with van der Waals surface area (Å²) in [7, 11) is 0. The van der Waals surface area contributed by atoms with Crippen molar-refractivity contribution >= 4 is 10.9 Å². The molecule has 0 aliphatic carbocycles. The van der Waals surface area contributed by atoms with E-state index in [9.17, 15) is 4.39 Å². The number of aromatic amines is 1. The van der Waals surface area contributed by atoms with Crippen molar-refractivity contribution in [2.24, 2.45) is 0 Å². The van der Waals surface area contributed by atoms with Crippen LogP contribution < -0.4 is 0 Å². The Bertz CT molecular complexity index is 525. The second-order valence-electron chi connectivity index (χ2n) is 2.97. The van der Waals surface area contributed by atoms with E-state index < -0.39 is 5.82 Å². The third-order valence-corrected chi connectivity index (χ3v) is 2.13. The molecule has 0 unspecified atom stereocenters. The molecule has 0 radical (unpaired) electrons. The molecule has 3 nitrogen and oxygen atoms in total. The SMILES string of the molecule is N#CCc1c[nH]c2c(F)c(O)ccc12. The molecule has 0 saturated heterocycles. The standard InChI is InChI=1S/C10H7FN2O/c11-9-8(14)2-1-7-6(3-4-12)5-13-10(7)9/h1-2,5,13-14H,3H2. The number of phenols is 1. The van der Waals surface area contributed by atoms with Crippen molar-refractivity contribution in [2.75, 3.05) is 0 Å². The first-order valence-corrected chi connectivity index (χ1v) is 4.08. The number of rotatable bonds is 1. The van der Waals surface area contributed by atoms with Crippen LogP contribution in [0.4, 0.5) is 4.39 Å². The number of nitrogens with one attached hydrogen (secondary N) is 1. The molecule has 4 heteroatoms. The third-order valence-electron chi connectivity index (χ3n) is 2.13. The Morgan fingerprint density at radius 2 is 2.29 bits per heavy atom. The maximum Gasteiger partial charge on any atom is 0.188 e. The fourth-order valence-corrected chi connectivity index (χ4v) is 1.44. The predicted molar refractivity (Wildman–Crippen MR) is 49.2 cm³/mol. The highest BCUT2D eigenvalue weighted by atomic mass is 19.1. The largest absolute Gasteiger partial charge is 0.505 e. The molecule has 0 amide bonds. The molecular weight excluding hydrogens is 183 g/mol. The molecule has 0 atom stereocenters. The van der Waals surface area contributed by atoms with Crippen molar-refractivity contribution in [3.8, 4) is 11.8 Å². The summed E-state index contributed by atoms with van der Waals surface area (Å²) in [6.07, 6.45) is 1.81. The van der Waals surface area contributed by atoms with Gasteiger partial charge in [0.1, 0.15) is 0 Å². The summed E-state index contributed by atoms with van der Waals surface area (Å²) >= 11 is 0. The van der Waals surface area contributed by atoms with E-state index >= 15 is 0 Å². The van der Waals surface area contributed by atoms with E-state index in [0.29, 0.717) is 5.39 Å². The van der Waals surface area contributed by atoms with Gasteiger partial charge < -0.3 is 10.1 Å². The van der Waals surface area contributed by atoms with Crippen LogP contribution in [0.5, 0.6) is 5.75 Å². The monoisotopic (exact) mass is 190 g/mol. The number of aromatic hydroxyl groups is 1. The molecular formula is C10H7FN2O. The van der Waals surface area contributed by atoms with Crippen molar-refractivity contribution < 1.29 is 9.50 Å². The van der Waals surface area contributed by atoms with Crippen LogP contribution in [0.1, 0.15) is 5.56 Å². The maximum absolute atomic E-state index is 13.3. The second-order valence-corrected chi connectivity index (χ2v) is 2.97. The van der Waals surface area contributed by atoms with Gasteiger partial charge in [-0.25, -0.2) is 4.39 Å². The molecule has 70 valence electrons. The minimum absolute atomic E-state index is 0.226. The van der Waals surface area contributed by atoms with Crippen LogP contribution in [0.3, 0.4) is 0 Å². The van der Waals surface area contributed by atoms with E-state index in [2.05, 4.69) is 4.98 Å². The predicted octanol–water partition coefficient (Wildman–Crippen LogP) is 2.08. The zero-order valence-corrected chi connectivity index (χ0v) is 7.21. The van der Waals surface area contributed by atoms with Crippen molar-refractivity contribution in [3.05, 3.63) is 29.7 Å². The average Bonchev–Trinajstić information content (AvgIpc) is 2.57. The topological polar surface area (TPSA) is 59.8 Å². The van der Waals surface area contributed by atoms with Gasteiger partial charge in [-0.2, -0.15) is 5.26 Å². The van der Waals surface area contributed by atoms with Gasteiger partial charge in [-0.3, -0.25) is 0 Å². The van der Waals surface area contributed by atoms with E-state index in [1.165, 1.54) is 6.07 Å². The van der Waals surface area contributed by atoms with E-state index in [1.807, 2.05) is 6.07 Å². The summed E-state index contributed by atoms with van der Waals surface area (Å²) in [5.41, 5.74) is 0.983. The van der Waals surface area contributed by atoms with Gasteiger partial charge in [0.2, 0.25) is 0 Å². The molecule has 0 aliphatic rings. The molecule has 2 N–H and O–H groups in total. The van der Waals surface area contributed by atoms with Crippen LogP contribution in [-0.2, 0) is 6.42 Å². The lowest BCUT2D eigenvalue weighted by molar-refractivity contribution is 0.435. The van der Waals surface area contributed by atoms with Crippen LogP contribution in [0.25, 0.3) is 10.9 Å². The number of hydrogen-bond acceptors (Lipinski definition) is 2. The van der Waals surface area contributed by atoms with Gasteiger partial charge in [0.05, 0.1) is 18.0 Å². The number of benzene rings is 1. The third kappa shape index (κ3) is 1.11. The summed E-state index contributed by atoms with van der Waals surface area (Å²) in [6, 6.07) is 4.87. The number of aromatic nitrogens is 1. The number of nitriles is 1. The Labute approximate surface area is 79.4 Å².